The molecule has 0 bridgehead atoms. The molecule has 0 N–H and O–H groups in total. The van der Waals surface area contributed by atoms with Gasteiger partial charge in [-0.2, -0.15) is 0 Å². The Kier molecular flexibility index (Phi) is 2.50. The first-order chi connectivity index (χ1) is 5.22. The number of rotatable bonds is 2. The predicted molar refractivity (Wildman–Crippen MR) is 46.7 cm³/mol. The van der Waals surface area contributed by atoms with Gasteiger partial charge in [-0.15, -0.1) is 11.6 Å². The van der Waals surface area contributed by atoms with Crippen LogP contribution in [0.25, 0.3) is 0 Å². The molecule has 1 aliphatic rings. The van der Waals surface area contributed by atoms with Crippen molar-refractivity contribution in [1.29, 1.82) is 0 Å². The van der Waals surface area contributed by atoms with Gasteiger partial charge >= 0.3 is 0 Å². The molecule has 0 aliphatic heterocycles. The fourth-order valence-electron chi connectivity index (χ4n) is 1.03. The van der Waals surface area contributed by atoms with E-state index in [2.05, 4.69) is 6.92 Å². The second-order valence-electron chi connectivity index (χ2n) is 2.79. The van der Waals surface area contributed by atoms with E-state index in [9.17, 15) is 4.79 Å². The molecule has 0 amide bonds. The summed E-state index contributed by atoms with van der Waals surface area (Å²) in [4.78, 5) is 10.8. The van der Waals surface area contributed by atoms with Crippen molar-refractivity contribution in [3.8, 4) is 0 Å². The Balaban J connectivity index is 2.81. The van der Waals surface area contributed by atoms with Gasteiger partial charge in [0.1, 0.15) is 0 Å². The normalized spacial score (nSPS) is 20.7. The van der Waals surface area contributed by atoms with Crippen LogP contribution in [0.1, 0.15) is 13.3 Å². The second-order valence-corrected chi connectivity index (χ2v) is 3.06. The highest BCUT2D eigenvalue weighted by Gasteiger charge is 2.22. The molecule has 0 aromatic carbocycles. The lowest BCUT2D eigenvalue weighted by Gasteiger charge is -2.24. The van der Waals surface area contributed by atoms with Crippen LogP contribution in [0.3, 0.4) is 0 Å². The Morgan fingerprint density at radius 2 is 2.00 bits per heavy atom. The van der Waals surface area contributed by atoms with Crippen LogP contribution in [0, 0.1) is 5.41 Å². The molecule has 0 heterocycles. The topological polar surface area (TPSA) is 17.1 Å². The van der Waals surface area contributed by atoms with Crippen molar-refractivity contribution in [3.05, 3.63) is 24.3 Å². The zero-order valence-electron chi connectivity index (χ0n) is 6.51. The largest absolute Gasteiger partial charge is 0.290 e. The zero-order valence-corrected chi connectivity index (χ0v) is 7.27. The van der Waals surface area contributed by atoms with Gasteiger partial charge in [-0.3, -0.25) is 4.79 Å². The van der Waals surface area contributed by atoms with Crippen LogP contribution >= 0.6 is 11.6 Å². The fourth-order valence-corrected chi connectivity index (χ4v) is 1.39. The highest BCUT2D eigenvalue weighted by atomic mass is 35.5. The molecule has 1 nitrogen and oxygen atoms in total. The summed E-state index contributed by atoms with van der Waals surface area (Å²) in [5.74, 6) is 0.600. The zero-order chi connectivity index (χ0) is 8.32. The number of carbonyl (C=O) groups excluding carboxylic acids is 1. The van der Waals surface area contributed by atoms with E-state index < -0.39 is 0 Å². The van der Waals surface area contributed by atoms with Gasteiger partial charge < -0.3 is 0 Å². The van der Waals surface area contributed by atoms with Gasteiger partial charge in [0.15, 0.2) is 5.78 Å². The molecule has 11 heavy (non-hydrogen) atoms. The van der Waals surface area contributed by atoms with Crippen molar-refractivity contribution in [2.75, 3.05) is 5.88 Å². The van der Waals surface area contributed by atoms with Gasteiger partial charge in [0.05, 0.1) is 0 Å². The summed E-state index contributed by atoms with van der Waals surface area (Å²) < 4.78 is 0. The van der Waals surface area contributed by atoms with Crippen molar-refractivity contribution in [2.45, 2.75) is 13.3 Å². The number of hydrogen-bond donors (Lipinski definition) is 0. The fraction of sp³-hybridized carbons (Fsp3) is 0.444. The highest BCUT2D eigenvalue weighted by Crippen LogP contribution is 2.29. The lowest BCUT2D eigenvalue weighted by molar-refractivity contribution is -0.110. The van der Waals surface area contributed by atoms with Crippen molar-refractivity contribution >= 4 is 17.4 Å². The van der Waals surface area contributed by atoms with Gasteiger partial charge in [0.2, 0.25) is 0 Å². The Hall–Kier alpha value is -0.560. The summed E-state index contributed by atoms with van der Waals surface area (Å²) in [5.41, 5.74) is -0.0739. The van der Waals surface area contributed by atoms with Crippen LogP contribution in [-0.2, 0) is 4.79 Å². The van der Waals surface area contributed by atoms with Crippen molar-refractivity contribution in [1.82, 2.24) is 0 Å². The summed E-state index contributed by atoms with van der Waals surface area (Å²) in [5, 5.41) is 0. The molecule has 0 unspecified atom stereocenters. The van der Waals surface area contributed by atoms with Crippen molar-refractivity contribution in [2.24, 2.45) is 5.41 Å². The molecule has 60 valence electrons. The molecule has 1 rings (SSSR count). The van der Waals surface area contributed by atoms with Crippen molar-refractivity contribution < 1.29 is 4.79 Å². The molecule has 0 fully saturated rings. The minimum absolute atomic E-state index is 0.0548. The van der Waals surface area contributed by atoms with Gasteiger partial charge in [0.25, 0.3) is 0 Å². The molecule has 0 aromatic rings. The summed E-state index contributed by atoms with van der Waals surface area (Å²) in [6, 6.07) is 0. The average Bonchev–Trinajstić information content (AvgIpc) is 2.07. The molecule has 0 aromatic heterocycles. The van der Waals surface area contributed by atoms with E-state index in [1.807, 2.05) is 12.2 Å². The average molecular weight is 171 g/mol. The van der Waals surface area contributed by atoms with E-state index in [-0.39, 0.29) is 11.2 Å². The van der Waals surface area contributed by atoms with E-state index in [0.29, 0.717) is 5.88 Å². The summed E-state index contributed by atoms with van der Waals surface area (Å²) in [7, 11) is 0. The molecule has 0 atom stereocenters. The van der Waals surface area contributed by atoms with Crippen LogP contribution in [0.5, 0.6) is 0 Å². The third-order valence-corrected chi connectivity index (χ3v) is 2.56. The minimum atomic E-state index is -0.0739. The third-order valence-electron chi connectivity index (χ3n) is 2.07. The van der Waals surface area contributed by atoms with Crippen LogP contribution in [-0.4, -0.2) is 11.7 Å². The van der Waals surface area contributed by atoms with Gasteiger partial charge in [-0.25, -0.2) is 0 Å². The molecule has 1 aliphatic carbocycles. The van der Waals surface area contributed by atoms with E-state index in [1.165, 1.54) is 0 Å². The van der Waals surface area contributed by atoms with Gasteiger partial charge in [-0.1, -0.05) is 19.1 Å². The van der Waals surface area contributed by atoms with E-state index in [0.717, 1.165) is 6.42 Å². The predicted octanol–water partition coefficient (Wildman–Crippen LogP) is 2.32. The highest BCUT2D eigenvalue weighted by molar-refractivity contribution is 6.18. The number of hydrogen-bond acceptors (Lipinski definition) is 1. The summed E-state index contributed by atoms with van der Waals surface area (Å²) in [6.07, 6.45) is 7.90. The van der Waals surface area contributed by atoms with Crippen LogP contribution in [0.15, 0.2) is 24.3 Å². The van der Waals surface area contributed by atoms with E-state index in [1.54, 1.807) is 12.2 Å². The van der Waals surface area contributed by atoms with Crippen LogP contribution < -0.4 is 0 Å². The number of allylic oxidation sites excluding steroid dienone is 4. The van der Waals surface area contributed by atoms with Gasteiger partial charge in [0, 0.05) is 11.3 Å². The van der Waals surface area contributed by atoms with Gasteiger partial charge in [-0.05, 0) is 18.6 Å². The Bertz CT molecular complexity index is 194. The first-order valence-corrected chi connectivity index (χ1v) is 4.24. The Morgan fingerprint density at radius 1 is 1.45 bits per heavy atom. The summed E-state index contributed by atoms with van der Waals surface area (Å²) >= 11 is 5.77. The Labute approximate surface area is 71.7 Å². The van der Waals surface area contributed by atoms with Crippen LogP contribution in [0.4, 0.5) is 0 Å². The molecular weight excluding hydrogens is 160 g/mol. The maximum Gasteiger partial charge on any atom is 0.178 e. The summed E-state index contributed by atoms with van der Waals surface area (Å²) in [6.45, 7) is 2.06. The lowest BCUT2D eigenvalue weighted by atomic mass is 9.83. The monoisotopic (exact) mass is 170 g/mol. The number of ketones is 1. The number of carbonyl (C=O) groups is 1. The lowest BCUT2D eigenvalue weighted by Crippen LogP contribution is -2.19. The maximum atomic E-state index is 10.8. The molecule has 2 heteroatoms. The Morgan fingerprint density at radius 3 is 2.36 bits per heavy atom. The standard InChI is InChI=1S/C9H11ClO/c1-2-9(7-10)5-3-8(11)4-6-9/h3-6H,2,7H2,1H3. The second kappa shape index (κ2) is 3.22. The van der Waals surface area contributed by atoms with Crippen molar-refractivity contribution in [3.63, 3.8) is 0 Å². The number of alkyl halides is 1. The minimum Gasteiger partial charge on any atom is -0.290 e. The molecule has 0 spiro atoms. The first-order valence-electron chi connectivity index (χ1n) is 3.71. The number of halogens is 1. The molecule has 0 saturated carbocycles. The molecular formula is C9H11ClO. The smallest absolute Gasteiger partial charge is 0.178 e. The maximum absolute atomic E-state index is 10.8. The quantitative estimate of drug-likeness (QED) is 0.582. The van der Waals surface area contributed by atoms with E-state index in [4.69, 9.17) is 11.6 Å². The first kappa shape index (κ1) is 8.54. The SMILES string of the molecule is CCC1(CCl)C=CC(=O)C=C1. The van der Waals surface area contributed by atoms with Crippen LogP contribution in [0.2, 0.25) is 0 Å². The third kappa shape index (κ3) is 1.72. The molecule has 0 radical (unpaired) electrons. The van der Waals surface area contributed by atoms with E-state index >= 15 is 0 Å². The molecule has 0 saturated heterocycles.